The highest BCUT2D eigenvalue weighted by Crippen LogP contribution is 2.35. The Hall–Kier alpha value is -0.300. The highest BCUT2D eigenvalue weighted by atomic mass is 35.5. The predicted octanol–water partition coefficient (Wildman–Crippen LogP) is 3.37. The van der Waals surface area contributed by atoms with E-state index < -0.39 is 11.1 Å². The Balaban J connectivity index is 0.00000180. The summed E-state index contributed by atoms with van der Waals surface area (Å²) in [6.45, 7) is 2.51. The minimum atomic E-state index is -4.21. The average molecular weight is 315 g/mol. The van der Waals surface area contributed by atoms with Crippen molar-refractivity contribution in [3.05, 3.63) is 21.9 Å². The molecule has 0 saturated carbocycles. The van der Waals surface area contributed by atoms with Gasteiger partial charge in [0.05, 0.1) is 0 Å². The van der Waals surface area contributed by atoms with E-state index in [0.29, 0.717) is 12.6 Å². The summed E-state index contributed by atoms with van der Waals surface area (Å²) in [5.74, 6) is 0. The maximum atomic E-state index is 12.5. The van der Waals surface area contributed by atoms with Crippen molar-refractivity contribution in [2.24, 2.45) is 0 Å². The quantitative estimate of drug-likeness (QED) is 0.920. The highest BCUT2D eigenvalue weighted by molar-refractivity contribution is 7.12. The second-order valence-corrected chi connectivity index (χ2v) is 5.79. The SMILES string of the molecule is CNC1CCCN(Cc2ccc(C(F)(F)F)s2)C1.Cl. The zero-order chi connectivity index (χ0) is 13.2. The van der Waals surface area contributed by atoms with E-state index in [2.05, 4.69) is 10.2 Å². The molecule has 2 nitrogen and oxygen atoms in total. The van der Waals surface area contributed by atoms with Crippen LogP contribution in [0.15, 0.2) is 12.1 Å². The van der Waals surface area contributed by atoms with E-state index >= 15 is 0 Å². The van der Waals surface area contributed by atoms with E-state index in [0.717, 1.165) is 42.1 Å². The fourth-order valence-electron chi connectivity index (χ4n) is 2.27. The molecule has 0 bridgehead atoms. The number of alkyl halides is 3. The third kappa shape index (κ3) is 4.63. The molecule has 0 aromatic carbocycles. The first kappa shape index (κ1) is 16.8. The van der Waals surface area contributed by atoms with Crippen molar-refractivity contribution in [2.45, 2.75) is 31.6 Å². The van der Waals surface area contributed by atoms with E-state index in [1.807, 2.05) is 7.05 Å². The molecule has 0 radical (unpaired) electrons. The average Bonchev–Trinajstić information content (AvgIpc) is 2.77. The second-order valence-electron chi connectivity index (χ2n) is 4.63. The second kappa shape index (κ2) is 6.92. The summed E-state index contributed by atoms with van der Waals surface area (Å²) in [6, 6.07) is 3.23. The minimum absolute atomic E-state index is 0. The minimum Gasteiger partial charge on any atom is -0.316 e. The van der Waals surface area contributed by atoms with Crippen LogP contribution in [0.5, 0.6) is 0 Å². The molecule has 0 spiro atoms. The van der Waals surface area contributed by atoms with Crippen LogP contribution in [0.25, 0.3) is 0 Å². The molecule has 1 atom stereocenters. The van der Waals surface area contributed by atoms with Gasteiger partial charge < -0.3 is 5.32 Å². The van der Waals surface area contributed by atoms with Crippen molar-refractivity contribution in [3.63, 3.8) is 0 Å². The number of hydrogen-bond donors (Lipinski definition) is 1. The Morgan fingerprint density at radius 2 is 2.16 bits per heavy atom. The van der Waals surface area contributed by atoms with Crippen LogP contribution in [0.2, 0.25) is 0 Å². The topological polar surface area (TPSA) is 15.3 Å². The van der Waals surface area contributed by atoms with Crippen molar-refractivity contribution in [1.82, 2.24) is 10.2 Å². The molecular weight excluding hydrogens is 297 g/mol. The van der Waals surface area contributed by atoms with Gasteiger partial charge in [-0.1, -0.05) is 0 Å². The monoisotopic (exact) mass is 314 g/mol. The molecule has 1 aromatic heterocycles. The van der Waals surface area contributed by atoms with Gasteiger partial charge in [-0.3, -0.25) is 4.90 Å². The number of thiophene rings is 1. The molecule has 19 heavy (non-hydrogen) atoms. The van der Waals surface area contributed by atoms with Gasteiger partial charge in [-0.15, -0.1) is 23.7 Å². The summed E-state index contributed by atoms with van der Waals surface area (Å²) in [4.78, 5) is 2.51. The van der Waals surface area contributed by atoms with E-state index in [4.69, 9.17) is 0 Å². The van der Waals surface area contributed by atoms with Crippen LogP contribution >= 0.6 is 23.7 Å². The smallest absolute Gasteiger partial charge is 0.316 e. The molecule has 0 amide bonds. The molecule has 1 saturated heterocycles. The van der Waals surface area contributed by atoms with E-state index in [1.54, 1.807) is 6.07 Å². The maximum Gasteiger partial charge on any atom is 0.425 e. The lowest BCUT2D eigenvalue weighted by atomic mass is 10.1. The van der Waals surface area contributed by atoms with Crippen molar-refractivity contribution in [1.29, 1.82) is 0 Å². The largest absolute Gasteiger partial charge is 0.425 e. The third-order valence-electron chi connectivity index (χ3n) is 3.23. The van der Waals surface area contributed by atoms with Gasteiger partial charge in [0, 0.05) is 24.0 Å². The van der Waals surface area contributed by atoms with E-state index in [9.17, 15) is 13.2 Å². The fourth-order valence-corrected chi connectivity index (χ4v) is 3.19. The number of halogens is 4. The summed E-state index contributed by atoms with van der Waals surface area (Å²) in [5, 5.41) is 3.23. The Morgan fingerprint density at radius 3 is 2.74 bits per heavy atom. The number of nitrogens with one attached hydrogen (secondary N) is 1. The number of hydrogen-bond acceptors (Lipinski definition) is 3. The first-order chi connectivity index (χ1) is 8.49. The van der Waals surface area contributed by atoms with Crippen molar-refractivity contribution in [3.8, 4) is 0 Å². The van der Waals surface area contributed by atoms with Crippen LogP contribution in [0.1, 0.15) is 22.6 Å². The van der Waals surface area contributed by atoms with E-state index in [1.165, 1.54) is 6.07 Å². The number of likely N-dealkylation sites (tertiary alicyclic amines) is 1. The van der Waals surface area contributed by atoms with Gasteiger partial charge >= 0.3 is 6.18 Å². The normalized spacial score (nSPS) is 21.2. The molecule has 1 N–H and O–H groups in total. The van der Waals surface area contributed by atoms with Crippen LogP contribution in [-0.2, 0) is 12.7 Å². The van der Waals surface area contributed by atoms with Crippen LogP contribution in [0.4, 0.5) is 13.2 Å². The maximum absolute atomic E-state index is 12.5. The number of likely N-dealkylation sites (N-methyl/N-ethyl adjacent to an activating group) is 1. The number of nitrogens with zero attached hydrogens (tertiary/aromatic N) is 1. The first-order valence-corrected chi connectivity index (χ1v) is 6.86. The molecule has 1 aliphatic heterocycles. The van der Waals surface area contributed by atoms with Gasteiger partial charge in [-0.05, 0) is 38.6 Å². The van der Waals surface area contributed by atoms with Crippen LogP contribution < -0.4 is 5.32 Å². The Bertz CT molecular complexity index is 395. The van der Waals surface area contributed by atoms with Gasteiger partial charge in [0.15, 0.2) is 0 Å². The molecule has 1 unspecified atom stereocenters. The van der Waals surface area contributed by atoms with Crippen molar-refractivity contribution >= 4 is 23.7 Å². The molecule has 2 rings (SSSR count). The number of piperidine rings is 1. The Labute approximate surface area is 121 Å². The predicted molar refractivity (Wildman–Crippen MR) is 73.9 cm³/mol. The summed E-state index contributed by atoms with van der Waals surface area (Å²) in [7, 11) is 1.93. The molecule has 2 heterocycles. The number of rotatable bonds is 3. The first-order valence-electron chi connectivity index (χ1n) is 6.04. The molecular formula is C12H18ClF3N2S. The summed E-state index contributed by atoms with van der Waals surface area (Å²) in [6.07, 6.45) is -1.97. The molecule has 1 aliphatic rings. The lowest BCUT2D eigenvalue weighted by molar-refractivity contribution is -0.134. The highest BCUT2D eigenvalue weighted by Gasteiger charge is 2.32. The molecule has 110 valence electrons. The molecule has 7 heteroatoms. The summed E-state index contributed by atoms with van der Waals surface area (Å²) >= 11 is 0.855. The van der Waals surface area contributed by atoms with Crippen molar-refractivity contribution < 1.29 is 13.2 Å². The van der Waals surface area contributed by atoms with Gasteiger partial charge in [0.2, 0.25) is 0 Å². The fraction of sp³-hybridized carbons (Fsp3) is 0.667. The van der Waals surface area contributed by atoms with Gasteiger partial charge in [0.1, 0.15) is 4.88 Å². The lowest BCUT2D eigenvalue weighted by Gasteiger charge is -2.32. The van der Waals surface area contributed by atoms with Crippen LogP contribution in [0, 0.1) is 0 Å². The zero-order valence-corrected chi connectivity index (χ0v) is 12.3. The molecule has 1 aromatic rings. The third-order valence-corrected chi connectivity index (χ3v) is 4.35. The van der Waals surface area contributed by atoms with Gasteiger partial charge in [0.25, 0.3) is 0 Å². The van der Waals surface area contributed by atoms with Crippen LogP contribution in [-0.4, -0.2) is 31.1 Å². The van der Waals surface area contributed by atoms with Crippen LogP contribution in [0.3, 0.4) is 0 Å². The molecule has 0 aliphatic carbocycles. The van der Waals surface area contributed by atoms with Gasteiger partial charge in [-0.25, -0.2) is 0 Å². The summed E-state index contributed by atoms with van der Waals surface area (Å²) in [5.41, 5.74) is 0. The van der Waals surface area contributed by atoms with Gasteiger partial charge in [-0.2, -0.15) is 13.2 Å². The Kier molecular flexibility index (Phi) is 6.11. The lowest BCUT2D eigenvalue weighted by Crippen LogP contribution is -2.43. The Morgan fingerprint density at radius 1 is 1.42 bits per heavy atom. The molecule has 1 fully saturated rings. The zero-order valence-electron chi connectivity index (χ0n) is 10.7. The summed E-state index contributed by atoms with van der Waals surface area (Å²) < 4.78 is 37.4. The standard InChI is InChI=1S/C12H17F3N2S.ClH/c1-16-9-3-2-6-17(7-9)8-10-4-5-11(18-10)12(13,14)15;/h4-5,9,16H,2-3,6-8H2,1H3;1H. The van der Waals surface area contributed by atoms with E-state index in [-0.39, 0.29) is 12.4 Å². The van der Waals surface area contributed by atoms with Crippen molar-refractivity contribution in [2.75, 3.05) is 20.1 Å².